The van der Waals surface area contributed by atoms with Crippen LogP contribution in [0.25, 0.3) is 11.0 Å². The summed E-state index contributed by atoms with van der Waals surface area (Å²) in [7, 11) is 0. The minimum atomic E-state index is 0.0416. The van der Waals surface area contributed by atoms with Crippen LogP contribution in [0.1, 0.15) is 31.6 Å². The smallest absolute Gasteiger partial charge is 0.134 e. The molecule has 0 amide bonds. The molecule has 0 spiro atoms. The molecule has 16 heavy (non-hydrogen) atoms. The fourth-order valence-electron chi connectivity index (χ4n) is 2.34. The van der Waals surface area contributed by atoms with E-state index in [-0.39, 0.29) is 6.04 Å². The Bertz CT molecular complexity index is 465. The molecule has 84 valence electrons. The molecule has 1 fully saturated rings. The summed E-state index contributed by atoms with van der Waals surface area (Å²) in [4.78, 5) is 0. The summed E-state index contributed by atoms with van der Waals surface area (Å²) in [6.07, 6.45) is 2.66. The van der Waals surface area contributed by atoms with Crippen molar-refractivity contribution in [2.24, 2.45) is 17.6 Å². The lowest BCUT2D eigenvalue weighted by molar-refractivity contribution is 0.363. The maximum absolute atomic E-state index is 6.25. The molecule has 2 heteroatoms. The van der Waals surface area contributed by atoms with Gasteiger partial charge in [-0.1, -0.05) is 25.1 Å². The maximum atomic E-state index is 6.25. The first-order valence-electron chi connectivity index (χ1n) is 6.00. The quantitative estimate of drug-likeness (QED) is 0.851. The lowest BCUT2D eigenvalue weighted by atomic mass is 9.95. The summed E-state index contributed by atoms with van der Waals surface area (Å²) in [6, 6.07) is 10.2. The molecule has 2 unspecified atom stereocenters. The highest BCUT2D eigenvalue weighted by Crippen LogP contribution is 2.42. The van der Waals surface area contributed by atoms with Crippen molar-refractivity contribution in [3.05, 3.63) is 36.1 Å². The fourth-order valence-corrected chi connectivity index (χ4v) is 2.34. The Hall–Kier alpha value is -1.28. The normalized spacial score (nSPS) is 19.9. The average Bonchev–Trinajstić information content (AvgIpc) is 3.06. The van der Waals surface area contributed by atoms with Crippen LogP contribution in [0.15, 0.2) is 34.7 Å². The van der Waals surface area contributed by atoms with E-state index in [1.54, 1.807) is 0 Å². The van der Waals surface area contributed by atoms with Crippen LogP contribution in [0, 0.1) is 11.8 Å². The van der Waals surface area contributed by atoms with Crippen molar-refractivity contribution in [1.29, 1.82) is 0 Å². The van der Waals surface area contributed by atoms with Crippen LogP contribution < -0.4 is 5.73 Å². The predicted octanol–water partition coefficient (Wildman–Crippen LogP) is 3.48. The number of hydrogen-bond donors (Lipinski definition) is 1. The fraction of sp³-hybridized carbons (Fsp3) is 0.429. The third kappa shape index (κ3) is 1.63. The van der Waals surface area contributed by atoms with Crippen molar-refractivity contribution in [3.63, 3.8) is 0 Å². The first-order valence-corrected chi connectivity index (χ1v) is 6.00. The zero-order valence-corrected chi connectivity index (χ0v) is 9.52. The summed E-state index contributed by atoms with van der Waals surface area (Å²) in [5, 5.41) is 1.15. The van der Waals surface area contributed by atoms with Crippen LogP contribution in [-0.2, 0) is 0 Å². The average molecular weight is 215 g/mol. The summed E-state index contributed by atoms with van der Waals surface area (Å²) in [6.45, 7) is 2.23. The largest absolute Gasteiger partial charge is 0.459 e. The topological polar surface area (TPSA) is 39.2 Å². The highest BCUT2D eigenvalue weighted by atomic mass is 16.3. The molecule has 2 atom stereocenters. The number of hydrogen-bond acceptors (Lipinski definition) is 2. The first-order chi connectivity index (χ1) is 7.75. The minimum absolute atomic E-state index is 0.0416. The van der Waals surface area contributed by atoms with Crippen LogP contribution in [0.5, 0.6) is 0 Å². The summed E-state index contributed by atoms with van der Waals surface area (Å²) >= 11 is 0. The standard InChI is InChI=1S/C14H17NO/c1-9(10-6-7-10)14(15)13-8-11-4-2-3-5-12(11)16-13/h2-5,8-10,14H,6-7,15H2,1H3. The van der Waals surface area contributed by atoms with E-state index >= 15 is 0 Å². The Morgan fingerprint density at radius 1 is 1.31 bits per heavy atom. The van der Waals surface area contributed by atoms with E-state index in [1.807, 2.05) is 18.2 Å². The van der Waals surface area contributed by atoms with E-state index in [0.717, 1.165) is 22.6 Å². The van der Waals surface area contributed by atoms with Gasteiger partial charge in [0.1, 0.15) is 11.3 Å². The lowest BCUT2D eigenvalue weighted by Crippen LogP contribution is -2.19. The Labute approximate surface area is 95.4 Å². The zero-order valence-electron chi connectivity index (χ0n) is 9.52. The third-order valence-electron chi connectivity index (χ3n) is 3.71. The second-order valence-electron chi connectivity index (χ2n) is 4.91. The Kier molecular flexibility index (Phi) is 2.25. The first kappa shape index (κ1) is 9.91. The second kappa shape index (κ2) is 3.63. The highest BCUT2D eigenvalue weighted by molar-refractivity contribution is 5.77. The van der Waals surface area contributed by atoms with E-state index in [1.165, 1.54) is 12.8 Å². The van der Waals surface area contributed by atoms with Crippen LogP contribution in [-0.4, -0.2) is 0 Å². The van der Waals surface area contributed by atoms with Crippen LogP contribution in [0.2, 0.25) is 0 Å². The highest BCUT2D eigenvalue weighted by Gasteiger charge is 2.33. The molecule has 0 saturated heterocycles. The van der Waals surface area contributed by atoms with E-state index < -0.39 is 0 Å². The molecular weight excluding hydrogens is 198 g/mol. The van der Waals surface area contributed by atoms with Crippen molar-refractivity contribution in [3.8, 4) is 0 Å². The third-order valence-corrected chi connectivity index (χ3v) is 3.71. The van der Waals surface area contributed by atoms with E-state index in [4.69, 9.17) is 10.2 Å². The second-order valence-corrected chi connectivity index (χ2v) is 4.91. The van der Waals surface area contributed by atoms with Gasteiger partial charge in [0, 0.05) is 5.39 Å². The van der Waals surface area contributed by atoms with Gasteiger partial charge in [0.2, 0.25) is 0 Å². The monoisotopic (exact) mass is 215 g/mol. The molecule has 2 nitrogen and oxygen atoms in total. The molecule has 1 heterocycles. The van der Waals surface area contributed by atoms with Gasteiger partial charge in [-0.3, -0.25) is 0 Å². The Morgan fingerprint density at radius 3 is 2.75 bits per heavy atom. The van der Waals surface area contributed by atoms with Crippen molar-refractivity contribution in [1.82, 2.24) is 0 Å². The number of para-hydroxylation sites is 1. The number of furan rings is 1. The molecule has 2 N–H and O–H groups in total. The molecule has 1 saturated carbocycles. The van der Waals surface area contributed by atoms with Gasteiger partial charge in [0.15, 0.2) is 0 Å². The predicted molar refractivity (Wildman–Crippen MR) is 65.0 cm³/mol. The number of rotatable bonds is 3. The van der Waals surface area contributed by atoms with Gasteiger partial charge in [-0.15, -0.1) is 0 Å². The Morgan fingerprint density at radius 2 is 2.06 bits per heavy atom. The van der Waals surface area contributed by atoms with E-state index in [2.05, 4.69) is 19.1 Å². The molecule has 1 aromatic carbocycles. The van der Waals surface area contributed by atoms with Crippen molar-refractivity contribution in [2.45, 2.75) is 25.8 Å². The molecule has 0 aliphatic heterocycles. The number of benzene rings is 1. The minimum Gasteiger partial charge on any atom is -0.459 e. The van der Waals surface area contributed by atoms with Gasteiger partial charge in [-0.25, -0.2) is 0 Å². The summed E-state index contributed by atoms with van der Waals surface area (Å²) in [5.74, 6) is 2.27. The van der Waals surface area contributed by atoms with Gasteiger partial charge >= 0.3 is 0 Å². The molecule has 3 rings (SSSR count). The van der Waals surface area contributed by atoms with Gasteiger partial charge < -0.3 is 10.2 Å². The molecule has 1 aromatic heterocycles. The van der Waals surface area contributed by atoms with Crippen LogP contribution in [0.4, 0.5) is 0 Å². The lowest BCUT2D eigenvalue weighted by Gasteiger charge is -2.16. The zero-order chi connectivity index (χ0) is 11.1. The van der Waals surface area contributed by atoms with Gasteiger partial charge in [0.05, 0.1) is 6.04 Å². The van der Waals surface area contributed by atoms with Crippen LogP contribution >= 0.6 is 0 Å². The van der Waals surface area contributed by atoms with E-state index in [9.17, 15) is 0 Å². The molecule has 1 aliphatic rings. The molecule has 0 radical (unpaired) electrons. The van der Waals surface area contributed by atoms with Gasteiger partial charge in [0.25, 0.3) is 0 Å². The maximum Gasteiger partial charge on any atom is 0.134 e. The number of nitrogens with two attached hydrogens (primary N) is 1. The van der Waals surface area contributed by atoms with Gasteiger partial charge in [-0.2, -0.15) is 0 Å². The molecule has 1 aliphatic carbocycles. The molecular formula is C14H17NO. The van der Waals surface area contributed by atoms with Crippen molar-refractivity contribution < 1.29 is 4.42 Å². The van der Waals surface area contributed by atoms with Crippen molar-refractivity contribution in [2.75, 3.05) is 0 Å². The summed E-state index contributed by atoms with van der Waals surface area (Å²) in [5.41, 5.74) is 7.19. The van der Waals surface area contributed by atoms with E-state index in [0.29, 0.717) is 5.92 Å². The van der Waals surface area contributed by atoms with Crippen LogP contribution in [0.3, 0.4) is 0 Å². The Balaban J connectivity index is 1.92. The van der Waals surface area contributed by atoms with Gasteiger partial charge in [-0.05, 0) is 36.8 Å². The number of fused-ring (bicyclic) bond motifs is 1. The molecule has 2 aromatic rings. The molecule has 0 bridgehead atoms. The summed E-state index contributed by atoms with van der Waals surface area (Å²) < 4.78 is 5.80. The SMILES string of the molecule is CC(C1CC1)C(N)c1cc2ccccc2o1. The van der Waals surface area contributed by atoms with Crippen molar-refractivity contribution >= 4 is 11.0 Å².